The van der Waals surface area contributed by atoms with E-state index in [1.54, 1.807) is 20.3 Å². The maximum Gasteiger partial charge on any atom is 0.317 e. The average molecular weight is 309 g/mol. The Kier molecular flexibility index (Phi) is 5.63. The number of carbonyl (C=O) groups is 1. The first-order valence-electron chi connectivity index (χ1n) is 7.40. The summed E-state index contributed by atoms with van der Waals surface area (Å²) >= 11 is 0. The number of carboxylic acid groups (broad SMARTS) is 1. The molecule has 0 spiro atoms. The Morgan fingerprint density at radius 1 is 1.32 bits per heavy atom. The number of para-hydroxylation sites is 1. The molecular weight excluding hydrogens is 286 g/mol. The van der Waals surface area contributed by atoms with Gasteiger partial charge in [0.25, 0.3) is 0 Å². The van der Waals surface area contributed by atoms with E-state index in [0.717, 1.165) is 18.4 Å². The molecule has 0 bridgehead atoms. The topological polar surface area (TPSA) is 79.2 Å². The highest BCUT2D eigenvalue weighted by atomic mass is 16.5. The van der Waals surface area contributed by atoms with Crippen LogP contribution in [0.15, 0.2) is 18.2 Å². The molecule has 22 heavy (non-hydrogen) atoms. The lowest BCUT2D eigenvalue weighted by atomic mass is 9.87. The molecule has 0 amide bonds. The summed E-state index contributed by atoms with van der Waals surface area (Å²) in [6.07, 6.45) is 0.876. The molecule has 1 heterocycles. The molecule has 2 rings (SSSR count). The van der Waals surface area contributed by atoms with Crippen molar-refractivity contribution in [3.05, 3.63) is 23.8 Å². The summed E-state index contributed by atoms with van der Waals surface area (Å²) in [6.45, 7) is 1.42. The zero-order valence-electron chi connectivity index (χ0n) is 13.0. The van der Waals surface area contributed by atoms with E-state index >= 15 is 0 Å². The minimum Gasteiger partial charge on any atom is -0.493 e. The second kappa shape index (κ2) is 7.47. The largest absolute Gasteiger partial charge is 0.493 e. The van der Waals surface area contributed by atoms with Crippen LogP contribution in [0.5, 0.6) is 11.5 Å². The Labute approximate surface area is 130 Å². The average Bonchev–Trinajstić information content (AvgIpc) is 2.53. The van der Waals surface area contributed by atoms with Crippen molar-refractivity contribution in [3.63, 3.8) is 0 Å². The molecule has 0 unspecified atom stereocenters. The molecule has 1 aromatic carbocycles. The second-order valence-electron chi connectivity index (χ2n) is 5.53. The summed E-state index contributed by atoms with van der Waals surface area (Å²) in [4.78, 5) is 12.6. The van der Waals surface area contributed by atoms with Crippen molar-refractivity contribution >= 4 is 5.97 Å². The number of aliphatic carboxylic acids is 1. The van der Waals surface area contributed by atoms with E-state index in [0.29, 0.717) is 24.6 Å². The van der Waals surface area contributed by atoms with Crippen LogP contribution in [0, 0.1) is 5.92 Å². The third-order valence-corrected chi connectivity index (χ3v) is 4.19. The molecule has 6 nitrogen and oxygen atoms in total. The molecule has 1 saturated heterocycles. The fourth-order valence-electron chi connectivity index (χ4n) is 3.02. The lowest BCUT2D eigenvalue weighted by Crippen LogP contribution is -2.38. The number of likely N-dealkylation sites (tertiary alicyclic amines) is 1. The van der Waals surface area contributed by atoms with Gasteiger partial charge < -0.3 is 19.7 Å². The molecule has 1 aliphatic heterocycles. The standard InChI is InChI=1S/C16H23NO5/c1-21-13-5-3-4-12(16(13)22-2)15(20)11-6-8-17(9-7-11)10-14(18)19/h3-5,11,15,20H,6-10H2,1-2H3,(H,18,19)/t15-/m1/s1. The summed E-state index contributed by atoms with van der Waals surface area (Å²) in [5.41, 5.74) is 0.721. The minimum absolute atomic E-state index is 0.0608. The van der Waals surface area contributed by atoms with E-state index in [4.69, 9.17) is 14.6 Å². The molecule has 1 atom stereocenters. The zero-order valence-corrected chi connectivity index (χ0v) is 13.0. The molecule has 1 aromatic rings. The lowest BCUT2D eigenvalue weighted by Gasteiger charge is -2.33. The van der Waals surface area contributed by atoms with Crippen molar-refractivity contribution < 1.29 is 24.5 Å². The molecule has 6 heteroatoms. The zero-order chi connectivity index (χ0) is 16.1. The van der Waals surface area contributed by atoms with Gasteiger partial charge in [-0.25, -0.2) is 0 Å². The van der Waals surface area contributed by atoms with Crippen LogP contribution in [0.25, 0.3) is 0 Å². The van der Waals surface area contributed by atoms with Crippen LogP contribution in [0.4, 0.5) is 0 Å². The highest BCUT2D eigenvalue weighted by Crippen LogP contribution is 2.39. The molecule has 2 N–H and O–H groups in total. The van der Waals surface area contributed by atoms with Crippen molar-refractivity contribution in [3.8, 4) is 11.5 Å². The third-order valence-electron chi connectivity index (χ3n) is 4.19. The van der Waals surface area contributed by atoms with Crippen molar-refractivity contribution in [2.75, 3.05) is 33.9 Å². The minimum atomic E-state index is -0.812. The Morgan fingerprint density at radius 2 is 2.00 bits per heavy atom. The molecular formula is C16H23NO5. The van der Waals surface area contributed by atoms with E-state index in [9.17, 15) is 9.90 Å². The number of aliphatic hydroxyl groups is 1. The van der Waals surface area contributed by atoms with Crippen LogP contribution in [0.1, 0.15) is 24.5 Å². The molecule has 0 saturated carbocycles. The van der Waals surface area contributed by atoms with Gasteiger partial charge in [-0.3, -0.25) is 9.69 Å². The summed E-state index contributed by atoms with van der Waals surface area (Å²) in [7, 11) is 3.13. The van der Waals surface area contributed by atoms with Crippen LogP contribution >= 0.6 is 0 Å². The number of benzene rings is 1. The summed E-state index contributed by atoms with van der Waals surface area (Å²) < 4.78 is 10.6. The van der Waals surface area contributed by atoms with Crippen molar-refractivity contribution in [2.24, 2.45) is 5.92 Å². The van der Waals surface area contributed by atoms with Crippen molar-refractivity contribution in [2.45, 2.75) is 18.9 Å². The smallest absolute Gasteiger partial charge is 0.317 e. The van der Waals surface area contributed by atoms with E-state index < -0.39 is 12.1 Å². The van der Waals surface area contributed by atoms with Crippen LogP contribution < -0.4 is 9.47 Å². The highest BCUT2D eigenvalue weighted by molar-refractivity contribution is 5.69. The molecule has 0 radical (unpaired) electrons. The van der Waals surface area contributed by atoms with Gasteiger partial charge in [0.2, 0.25) is 0 Å². The van der Waals surface area contributed by atoms with Gasteiger partial charge in [0.05, 0.1) is 26.9 Å². The van der Waals surface area contributed by atoms with E-state index in [-0.39, 0.29) is 12.5 Å². The molecule has 0 aromatic heterocycles. The monoisotopic (exact) mass is 309 g/mol. The van der Waals surface area contributed by atoms with Crippen LogP contribution in [-0.4, -0.2) is 54.9 Å². The molecule has 0 aliphatic carbocycles. The van der Waals surface area contributed by atoms with Gasteiger partial charge in [0.1, 0.15) is 0 Å². The number of aliphatic hydroxyl groups excluding tert-OH is 1. The fraction of sp³-hybridized carbons (Fsp3) is 0.562. The van der Waals surface area contributed by atoms with Crippen molar-refractivity contribution in [1.82, 2.24) is 4.90 Å². The lowest BCUT2D eigenvalue weighted by molar-refractivity contribution is -0.138. The van der Waals surface area contributed by atoms with Gasteiger partial charge in [-0.05, 0) is 37.9 Å². The maximum absolute atomic E-state index is 10.7. The van der Waals surface area contributed by atoms with Gasteiger partial charge in [0.15, 0.2) is 11.5 Å². The fourth-order valence-corrected chi connectivity index (χ4v) is 3.02. The Balaban J connectivity index is 2.07. The Hall–Kier alpha value is -1.79. The van der Waals surface area contributed by atoms with E-state index in [2.05, 4.69) is 0 Å². The first kappa shape index (κ1) is 16.6. The Morgan fingerprint density at radius 3 is 2.55 bits per heavy atom. The summed E-state index contributed by atoms with van der Waals surface area (Å²) in [5, 5.41) is 19.5. The number of nitrogens with zero attached hydrogens (tertiary/aromatic N) is 1. The summed E-state index contributed by atoms with van der Waals surface area (Å²) in [6, 6.07) is 5.47. The highest BCUT2D eigenvalue weighted by Gasteiger charge is 2.29. The van der Waals surface area contributed by atoms with Gasteiger partial charge in [0, 0.05) is 5.56 Å². The second-order valence-corrected chi connectivity index (χ2v) is 5.53. The quantitative estimate of drug-likeness (QED) is 0.830. The number of ether oxygens (including phenoxy) is 2. The first-order chi connectivity index (χ1) is 10.6. The third kappa shape index (κ3) is 3.69. The van der Waals surface area contributed by atoms with E-state index in [1.807, 2.05) is 17.0 Å². The molecule has 1 fully saturated rings. The number of hydrogen-bond acceptors (Lipinski definition) is 5. The number of methoxy groups -OCH3 is 2. The number of carboxylic acids is 1. The Bertz CT molecular complexity index is 511. The first-order valence-corrected chi connectivity index (χ1v) is 7.40. The maximum atomic E-state index is 10.7. The van der Waals surface area contributed by atoms with Gasteiger partial charge in [-0.2, -0.15) is 0 Å². The van der Waals surface area contributed by atoms with Crippen LogP contribution in [0.2, 0.25) is 0 Å². The van der Waals surface area contributed by atoms with Crippen molar-refractivity contribution in [1.29, 1.82) is 0 Å². The number of rotatable bonds is 6. The van der Waals surface area contributed by atoms with E-state index in [1.165, 1.54) is 0 Å². The molecule has 122 valence electrons. The van der Waals surface area contributed by atoms with Gasteiger partial charge in [-0.15, -0.1) is 0 Å². The summed E-state index contributed by atoms with van der Waals surface area (Å²) in [5.74, 6) is 0.437. The van der Waals surface area contributed by atoms with Gasteiger partial charge >= 0.3 is 5.97 Å². The van der Waals surface area contributed by atoms with Crippen LogP contribution in [0.3, 0.4) is 0 Å². The van der Waals surface area contributed by atoms with Gasteiger partial charge in [-0.1, -0.05) is 12.1 Å². The SMILES string of the molecule is COc1cccc([C@H](O)C2CCN(CC(=O)O)CC2)c1OC. The molecule has 1 aliphatic rings. The number of hydrogen-bond donors (Lipinski definition) is 2. The number of piperidine rings is 1. The predicted molar refractivity (Wildman–Crippen MR) is 81.3 cm³/mol. The van der Waals surface area contributed by atoms with Crippen LogP contribution in [-0.2, 0) is 4.79 Å². The predicted octanol–water partition coefficient (Wildman–Crippen LogP) is 1.53. The normalized spacial score (nSPS) is 18.0.